The lowest BCUT2D eigenvalue weighted by atomic mass is 10.1. The third kappa shape index (κ3) is 4.93. The summed E-state index contributed by atoms with van der Waals surface area (Å²) in [5, 5.41) is 12.2. The second-order valence-corrected chi connectivity index (χ2v) is 7.61. The van der Waals surface area contributed by atoms with Gasteiger partial charge in [-0.1, -0.05) is 12.1 Å². The van der Waals surface area contributed by atoms with Gasteiger partial charge in [-0.05, 0) is 54.4 Å². The van der Waals surface area contributed by atoms with Gasteiger partial charge in [-0.3, -0.25) is 0 Å². The van der Waals surface area contributed by atoms with Crippen molar-refractivity contribution < 1.29 is 36.3 Å². The Kier molecular flexibility index (Phi) is 6.13. The highest BCUT2D eigenvalue weighted by molar-refractivity contribution is 5.99. The lowest BCUT2D eigenvalue weighted by Gasteiger charge is -2.13. The van der Waals surface area contributed by atoms with Crippen LogP contribution in [0.3, 0.4) is 0 Å². The number of rotatable bonds is 5. The van der Waals surface area contributed by atoms with Crippen LogP contribution < -0.4 is 10.8 Å². The van der Waals surface area contributed by atoms with Crippen molar-refractivity contribution in [1.29, 1.82) is 0 Å². The van der Waals surface area contributed by atoms with Gasteiger partial charge in [0, 0.05) is 23.4 Å². The van der Waals surface area contributed by atoms with Crippen LogP contribution in [-0.4, -0.2) is 10.9 Å². The Hall–Kier alpha value is -3.73. The zero-order chi connectivity index (χ0) is 24.6. The average molecular weight is 481 g/mol. The number of amidine groups is 1. The lowest BCUT2D eigenvalue weighted by Crippen LogP contribution is -2.18. The Morgan fingerprint density at radius 1 is 1.03 bits per heavy atom. The largest absolute Gasteiger partial charge is 0.503 e. The molecule has 3 aromatic rings. The second kappa shape index (κ2) is 8.90. The molecule has 0 radical (unpaired) electrons. The fraction of sp³-hybridized carbons (Fsp3) is 0.174. The number of aliphatic imine (C=N–C) groups is 1. The average Bonchev–Trinajstić information content (AvgIpc) is 3.26. The van der Waals surface area contributed by atoms with Crippen molar-refractivity contribution in [3.63, 3.8) is 0 Å². The number of alkyl halides is 3. The summed E-state index contributed by atoms with van der Waals surface area (Å²) in [7, 11) is 0. The number of hydrogen-bond acceptors (Lipinski definition) is 5. The maximum Gasteiger partial charge on any atom is 0.416 e. The molecule has 0 saturated carbocycles. The molecule has 5 nitrogen and oxygen atoms in total. The first-order chi connectivity index (χ1) is 16.0. The van der Waals surface area contributed by atoms with Crippen LogP contribution in [0.15, 0.2) is 53.5 Å². The smallest absolute Gasteiger partial charge is 0.416 e. The molecule has 1 aliphatic heterocycles. The van der Waals surface area contributed by atoms with Crippen molar-refractivity contribution in [2.75, 3.05) is 5.32 Å². The van der Waals surface area contributed by atoms with Gasteiger partial charge in [-0.2, -0.15) is 13.2 Å². The fourth-order valence-corrected chi connectivity index (χ4v) is 3.36. The van der Waals surface area contributed by atoms with Gasteiger partial charge in [-0.25, -0.2) is 28.5 Å². The number of anilines is 1. The van der Waals surface area contributed by atoms with Crippen LogP contribution in [0.25, 0.3) is 0 Å². The summed E-state index contributed by atoms with van der Waals surface area (Å²) in [4.78, 5) is 9.52. The van der Waals surface area contributed by atoms with E-state index >= 15 is 0 Å². The molecule has 0 fully saturated rings. The van der Waals surface area contributed by atoms with Crippen LogP contribution in [0.5, 0.6) is 5.75 Å². The molecule has 11 heteroatoms. The third-order valence-electron chi connectivity index (χ3n) is 5.12. The van der Waals surface area contributed by atoms with E-state index in [0.717, 1.165) is 29.8 Å². The summed E-state index contributed by atoms with van der Waals surface area (Å²) in [5.41, 5.74) is 3.45. The van der Waals surface area contributed by atoms with Crippen molar-refractivity contribution in [3.05, 3.63) is 93.8 Å². The van der Waals surface area contributed by atoms with E-state index in [1.807, 2.05) is 0 Å². The topological polar surface area (TPSA) is 65.9 Å². The van der Waals surface area contributed by atoms with Gasteiger partial charge in [0.05, 0.1) is 5.56 Å². The number of aromatic hydroxyl groups is 1. The van der Waals surface area contributed by atoms with Gasteiger partial charge >= 0.3 is 6.18 Å². The van der Waals surface area contributed by atoms with Gasteiger partial charge in [-0.15, -0.1) is 0 Å². The number of hydroxylamine groups is 1. The highest BCUT2D eigenvalue weighted by Gasteiger charge is 2.31. The molecule has 0 amide bonds. The lowest BCUT2D eigenvalue weighted by molar-refractivity contribution is -0.137. The number of phenolic OH excluding ortho intramolecular Hbond substituents is 1. The van der Waals surface area contributed by atoms with Crippen molar-refractivity contribution in [3.8, 4) is 5.75 Å². The summed E-state index contributed by atoms with van der Waals surface area (Å²) >= 11 is 0. The number of aryl methyl sites for hydroxylation is 1. The second-order valence-electron chi connectivity index (χ2n) is 7.61. The molecule has 3 aromatic carbocycles. The zero-order valence-corrected chi connectivity index (χ0v) is 17.5. The van der Waals surface area contributed by atoms with Gasteiger partial charge in [0.25, 0.3) is 0 Å². The van der Waals surface area contributed by atoms with Gasteiger partial charge in [0.15, 0.2) is 23.2 Å². The highest BCUT2D eigenvalue weighted by Crippen LogP contribution is 2.32. The number of nitrogens with one attached hydrogen (secondary N) is 2. The van der Waals surface area contributed by atoms with E-state index in [-0.39, 0.29) is 23.5 Å². The first kappa shape index (κ1) is 23.4. The Labute approximate surface area is 189 Å². The number of benzene rings is 3. The molecule has 0 saturated heterocycles. The number of halogens is 6. The summed E-state index contributed by atoms with van der Waals surface area (Å²) in [6.07, 6.45) is -5.75. The van der Waals surface area contributed by atoms with Crippen LogP contribution >= 0.6 is 0 Å². The molecule has 0 bridgehead atoms. The Balaban J connectivity index is 1.54. The van der Waals surface area contributed by atoms with Gasteiger partial charge in [0.1, 0.15) is 5.82 Å². The highest BCUT2D eigenvalue weighted by atomic mass is 19.4. The molecule has 1 atom stereocenters. The van der Waals surface area contributed by atoms with E-state index in [2.05, 4.69) is 15.8 Å². The van der Waals surface area contributed by atoms with Crippen molar-refractivity contribution in [2.24, 2.45) is 4.99 Å². The normalized spacial score (nSPS) is 15.7. The molecule has 0 aromatic heterocycles. The predicted molar refractivity (Wildman–Crippen MR) is 111 cm³/mol. The minimum absolute atomic E-state index is 0.0346. The van der Waals surface area contributed by atoms with E-state index in [0.29, 0.717) is 17.3 Å². The maximum absolute atomic E-state index is 13.7. The third-order valence-corrected chi connectivity index (χ3v) is 5.12. The Bertz CT molecular complexity index is 1250. The van der Waals surface area contributed by atoms with Crippen molar-refractivity contribution >= 4 is 11.5 Å². The molecule has 178 valence electrons. The van der Waals surface area contributed by atoms with E-state index in [1.165, 1.54) is 0 Å². The maximum atomic E-state index is 13.7. The zero-order valence-electron chi connectivity index (χ0n) is 17.5. The quantitative estimate of drug-likeness (QED) is 0.408. The van der Waals surface area contributed by atoms with E-state index in [1.54, 1.807) is 25.1 Å². The Morgan fingerprint density at radius 2 is 1.74 bits per heavy atom. The van der Waals surface area contributed by atoms with Gasteiger partial charge in [0.2, 0.25) is 6.23 Å². The van der Waals surface area contributed by atoms with Crippen LogP contribution in [0.1, 0.15) is 34.0 Å². The molecule has 1 aliphatic rings. The fourth-order valence-electron chi connectivity index (χ4n) is 3.36. The molecule has 0 spiro atoms. The van der Waals surface area contributed by atoms with Crippen LogP contribution in [0, 0.1) is 24.4 Å². The van der Waals surface area contributed by atoms with Crippen LogP contribution in [-0.2, 0) is 17.6 Å². The Morgan fingerprint density at radius 3 is 2.41 bits per heavy atom. The summed E-state index contributed by atoms with van der Waals surface area (Å²) in [5.74, 6) is -4.17. The number of phenols is 1. The minimum atomic E-state index is -4.67. The minimum Gasteiger partial charge on any atom is -0.503 e. The first-order valence-electron chi connectivity index (χ1n) is 9.90. The van der Waals surface area contributed by atoms with E-state index in [9.17, 15) is 31.4 Å². The van der Waals surface area contributed by atoms with Crippen molar-refractivity contribution in [1.82, 2.24) is 5.48 Å². The number of nitrogens with zero attached hydrogens (tertiary/aromatic N) is 1. The summed E-state index contributed by atoms with van der Waals surface area (Å²) in [6.45, 7) is 1.69. The van der Waals surface area contributed by atoms with E-state index < -0.39 is 41.2 Å². The van der Waals surface area contributed by atoms with Crippen LogP contribution in [0.2, 0.25) is 0 Å². The molecule has 1 heterocycles. The molecule has 3 N–H and O–H groups in total. The molecule has 0 aliphatic carbocycles. The first-order valence-corrected chi connectivity index (χ1v) is 9.90. The molecular formula is C23H17F6N3O2. The summed E-state index contributed by atoms with van der Waals surface area (Å²) in [6, 6.07) is 9.17. The number of hydrogen-bond donors (Lipinski definition) is 3. The standard InChI is InChI=1S/C23H17F6N3O2/c1-11-2-3-13(21-31-22(34-32-21)14-6-17(25)20(33)18(26)7-14)8-19(11)30-10-12-4-15(23(27,28)29)9-16(24)5-12/h2-9,22,30,33H,10H2,1H3,(H,31,32). The molecule has 4 rings (SSSR count). The predicted octanol–water partition coefficient (Wildman–Crippen LogP) is 5.73. The van der Waals surface area contributed by atoms with Crippen molar-refractivity contribution in [2.45, 2.75) is 25.9 Å². The molecule has 34 heavy (non-hydrogen) atoms. The van der Waals surface area contributed by atoms with Gasteiger partial charge < -0.3 is 10.4 Å². The molecule has 1 unspecified atom stereocenters. The summed E-state index contributed by atoms with van der Waals surface area (Å²) < 4.78 is 79.8. The SMILES string of the molecule is Cc1ccc(C2=NC(c3cc(F)c(O)c(F)c3)ON2)cc1NCc1cc(F)cc(C(F)(F)F)c1. The molecular weight excluding hydrogens is 464 g/mol. The monoisotopic (exact) mass is 481 g/mol. The van der Waals surface area contributed by atoms with Crippen LogP contribution in [0.4, 0.5) is 32.0 Å². The van der Waals surface area contributed by atoms with E-state index in [4.69, 9.17) is 4.84 Å².